The van der Waals surface area contributed by atoms with Crippen LogP contribution in [0.5, 0.6) is 0 Å². The summed E-state index contributed by atoms with van der Waals surface area (Å²) in [5.41, 5.74) is -0.150. The molecule has 2 aromatic rings. The number of carboxylic acid groups (broad SMARTS) is 1. The minimum atomic E-state index is -3.47. The van der Waals surface area contributed by atoms with Crippen molar-refractivity contribution < 1.29 is 18.3 Å². The largest absolute Gasteiger partial charge is 0.476 e. The summed E-state index contributed by atoms with van der Waals surface area (Å²) < 4.78 is 25.9. The number of sulfonamides is 1. The Morgan fingerprint density at radius 3 is 2.73 bits per heavy atom. The normalized spacial score (nSPS) is 11.5. The third kappa shape index (κ3) is 3.78. The summed E-state index contributed by atoms with van der Waals surface area (Å²) in [5, 5.41) is 13.3. The molecule has 0 fully saturated rings. The summed E-state index contributed by atoms with van der Waals surface area (Å²) in [5.74, 6) is -0.771. The number of carboxylic acids is 1. The number of hydrogen-bond donors (Lipinski definition) is 2. The van der Waals surface area contributed by atoms with Gasteiger partial charge in [0.15, 0.2) is 5.69 Å². The Bertz CT molecular complexity index is 729. The summed E-state index contributed by atoms with van der Waals surface area (Å²) in [4.78, 5) is 18.2. The van der Waals surface area contributed by atoms with Crippen LogP contribution in [0.4, 0.5) is 5.82 Å². The van der Waals surface area contributed by atoms with E-state index in [2.05, 4.69) is 15.3 Å². The number of aromatic carboxylic acids is 1. The summed E-state index contributed by atoms with van der Waals surface area (Å²) >= 11 is 1.16. The van der Waals surface area contributed by atoms with Gasteiger partial charge in [-0.1, -0.05) is 6.07 Å². The zero-order chi connectivity index (χ0) is 16.2. The fourth-order valence-electron chi connectivity index (χ4n) is 1.56. The van der Waals surface area contributed by atoms with Gasteiger partial charge in [-0.15, -0.1) is 11.3 Å². The topological polar surface area (TPSA) is 112 Å². The van der Waals surface area contributed by atoms with Crippen LogP contribution in [0.15, 0.2) is 34.1 Å². The molecule has 2 N–H and O–H groups in total. The molecular weight excluding hydrogens is 328 g/mol. The molecule has 0 aliphatic heterocycles. The molecule has 22 heavy (non-hydrogen) atoms. The Labute approximate surface area is 131 Å². The highest BCUT2D eigenvalue weighted by molar-refractivity contribution is 7.91. The van der Waals surface area contributed by atoms with Gasteiger partial charge in [0.05, 0.1) is 12.4 Å². The first-order chi connectivity index (χ1) is 10.4. The molecule has 0 spiro atoms. The van der Waals surface area contributed by atoms with Gasteiger partial charge in [0.2, 0.25) is 0 Å². The van der Waals surface area contributed by atoms with Gasteiger partial charge in [0, 0.05) is 20.1 Å². The maximum Gasteiger partial charge on any atom is 0.356 e. The number of likely N-dealkylation sites (N-methyl/N-ethyl adjacent to an activating group) is 1. The molecule has 0 amide bonds. The maximum absolute atomic E-state index is 12.2. The van der Waals surface area contributed by atoms with Crippen molar-refractivity contribution in [3.8, 4) is 0 Å². The van der Waals surface area contributed by atoms with Crippen LogP contribution in [-0.4, -0.2) is 53.9 Å². The summed E-state index contributed by atoms with van der Waals surface area (Å²) in [7, 11) is -1.97. The molecule has 0 aromatic carbocycles. The van der Waals surface area contributed by atoms with Crippen LogP contribution < -0.4 is 5.32 Å². The van der Waals surface area contributed by atoms with E-state index >= 15 is 0 Å². The van der Waals surface area contributed by atoms with Crippen LogP contribution >= 0.6 is 11.3 Å². The number of hydrogen-bond acceptors (Lipinski definition) is 7. The second-order valence-corrected chi connectivity index (χ2v) is 7.50. The molecule has 0 aliphatic carbocycles. The highest BCUT2D eigenvalue weighted by Gasteiger charge is 2.21. The molecular formula is C12H14N4O4S2. The first-order valence-corrected chi connectivity index (χ1v) is 8.52. The zero-order valence-electron chi connectivity index (χ0n) is 11.6. The number of nitrogens with one attached hydrogen (secondary N) is 1. The van der Waals surface area contributed by atoms with Crippen molar-refractivity contribution >= 4 is 33.1 Å². The molecule has 2 aromatic heterocycles. The van der Waals surface area contributed by atoms with E-state index in [1.807, 2.05) is 0 Å². The Morgan fingerprint density at radius 2 is 2.18 bits per heavy atom. The molecule has 0 unspecified atom stereocenters. The Balaban J connectivity index is 1.89. The van der Waals surface area contributed by atoms with Crippen molar-refractivity contribution in [3.05, 3.63) is 35.6 Å². The Hall–Kier alpha value is -2.04. The second-order valence-electron chi connectivity index (χ2n) is 4.28. The SMILES string of the molecule is CN(CCNc1cnc(C(=O)O)cn1)S(=O)(=O)c1cccs1. The van der Waals surface area contributed by atoms with Crippen LogP contribution in [0.1, 0.15) is 10.5 Å². The fourth-order valence-corrected chi connectivity index (χ4v) is 3.93. The first-order valence-electron chi connectivity index (χ1n) is 6.20. The number of anilines is 1. The summed E-state index contributed by atoms with van der Waals surface area (Å²) in [6.07, 6.45) is 2.42. The quantitative estimate of drug-likeness (QED) is 0.771. The van der Waals surface area contributed by atoms with Gasteiger partial charge in [0.1, 0.15) is 10.0 Å². The van der Waals surface area contributed by atoms with Gasteiger partial charge in [-0.2, -0.15) is 4.31 Å². The number of carbonyl (C=O) groups is 1. The van der Waals surface area contributed by atoms with Crippen molar-refractivity contribution in [2.45, 2.75) is 4.21 Å². The molecule has 0 radical (unpaired) electrons. The smallest absolute Gasteiger partial charge is 0.356 e. The highest BCUT2D eigenvalue weighted by Crippen LogP contribution is 2.19. The van der Waals surface area contributed by atoms with Crippen LogP contribution in [-0.2, 0) is 10.0 Å². The molecule has 2 rings (SSSR count). The van der Waals surface area contributed by atoms with Crippen molar-refractivity contribution in [1.82, 2.24) is 14.3 Å². The van der Waals surface area contributed by atoms with Crippen molar-refractivity contribution in [2.24, 2.45) is 0 Å². The third-order valence-electron chi connectivity index (χ3n) is 2.76. The number of aromatic nitrogens is 2. The van der Waals surface area contributed by atoms with Gasteiger partial charge in [0.25, 0.3) is 10.0 Å². The Morgan fingerprint density at radius 1 is 1.41 bits per heavy atom. The number of nitrogens with zero attached hydrogens (tertiary/aromatic N) is 3. The molecule has 0 saturated carbocycles. The lowest BCUT2D eigenvalue weighted by Crippen LogP contribution is -2.31. The second kappa shape index (κ2) is 6.81. The minimum absolute atomic E-state index is 0.150. The van der Waals surface area contributed by atoms with Crippen molar-refractivity contribution in [3.63, 3.8) is 0 Å². The average Bonchev–Trinajstić information content (AvgIpc) is 3.02. The van der Waals surface area contributed by atoms with Gasteiger partial charge >= 0.3 is 5.97 Å². The van der Waals surface area contributed by atoms with Crippen molar-refractivity contribution in [1.29, 1.82) is 0 Å². The lowest BCUT2D eigenvalue weighted by Gasteiger charge is -2.16. The molecule has 10 heteroatoms. The zero-order valence-corrected chi connectivity index (χ0v) is 13.3. The predicted molar refractivity (Wildman–Crippen MR) is 81.6 cm³/mol. The van der Waals surface area contributed by atoms with Crippen LogP contribution in [0.25, 0.3) is 0 Å². The van der Waals surface area contributed by atoms with E-state index < -0.39 is 16.0 Å². The number of thiophene rings is 1. The molecule has 0 saturated heterocycles. The molecule has 0 bridgehead atoms. The summed E-state index contributed by atoms with van der Waals surface area (Å²) in [6, 6.07) is 3.24. The van der Waals surface area contributed by atoms with Gasteiger partial charge in [-0.05, 0) is 11.4 Å². The average molecular weight is 342 g/mol. The Kier molecular flexibility index (Phi) is 5.06. The van der Waals surface area contributed by atoms with E-state index in [9.17, 15) is 13.2 Å². The van der Waals surface area contributed by atoms with E-state index in [0.29, 0.717) is 16.6 Å². The van der Waals surface area contributed by atoms with Crippen LogP contribution in [0.3, 0.4) is 0 Å². The van der Waals surface area contributed by atoms with E-state index in [4.69, 9.17) is 5.11 Å². The first kappa shape index (κ1) is 16.3. The van der Waals surface area contributed by atoms with Gasteiger partial charge < -0.3 is 10.4 Å². The van der Waals surface area contributed by atoms with Crippen molar-refractivity contribution in [2.75, 3.05) is 25.5 Å². The van der Waals surface area contributed by atoms with Crippen LogP contribution in [0, 0.1) is 0 Å². The predicted octanol–water partition coefficient (Wildman–Crippen LogP) is 0.969. The lowest BCUT2D eigenvalue weighted by atomic mass is 10.4. The van der Waals surface area contributed by atoms with Gasteiger partial charge in [-0.3, -0.25) is 0 Å². The minimum Gasteiger partial charge on any atom is -0.476 e. The molecule has 0 aliphatic rings. The highest BCUT2D eigenvalue weighted by atomic mass is 32.2. The molecule has 2 heterocycles. The standard InChI is InChI=1S/C12H14N4O4S2/c1-16(22(19,20)11-3-2-6-21-11)5-4-13-10-8-14-9(7-15-10)12(17)18/h2-3,6-8H,4-5H2,1H3,(H,13,15)(H,17,18). The van der Waals surface area contributed by atoms with E-state index in [-0.39, 0.29) is 12.2 Å². The molecule has 0 atom stereocenters. The number of rotatable bonds is 7. The molecule has 8 nitrogen and oxygen atoms in total. The third-order valence-corrected chi connectivity index (χ3v) is 5.99. The van der Waals surface area contributed by atoms with E-state index in [0.717, 1.165) is 17.5 Å². The monoisotopic (exact) mass is 342 g/mol. The lowest BCUT2D eigenvalue weighted by molar-refractivity contribution is 0.0690. The van der Waals surface area contributed by atoms with Gasteiger partial charge in [-0.25, -0.2) is 23.2 Å². The van der Waals surface area contributed by atoms with Crippen LogP contribution in [0.2, 0.25) is 0 Å². The summed E-state index contributed by atoms with van der Waals surface area (Å²) in [6.45, 7) is 0.560. The van der Waals surface area contributed by atoms with E-state index in [1.54, 1.807) is 17.5 Å². The maximum atomic E-state index is 12.2. The van der Waals surface area contributed by atoms with E-state index in [1.165, 1.54) is 17.5 Å². The molecule has 118 valence electrons. The fraction of sp³-hybridized carbons (Fsp3) is 0.250.